The fourth-order valence-corrected chi connectivity index (χ4v) is 2.57. The van der Waals surface area contributed by atoms with E-state index in [4.69, 9.17) is 10.5 Å². The number of nitrogens with zero attached hydrogens (tertiary/aromatic N) is 1. The van der Waals surface area contributed by atoms with Crippen LogP contribution in [-0.2, 0) is 9.53 Å². The van der Waals surface area contributed by atoms with E-state index in [1.54, 1.807) is 0 Å². The van der Waals surface area contributed by atoms with E-state index >= 15 is 0 Å². The molecular formula is C12H23N3O2. The van der Waals surface area contributed by atoms with E-state index in [2.05, 4.69) is 10.2 Å². The highest BCUT2D eigenvalue weighted by Gasteiger charge is 2.32. The molecule has 3 unspecified atom stereocenters. The van der Waals surface area contributed by atoms with Crippen LogP contribution in [0.15, 0.2) is 0 Å². The Hall–Kier alpha value is -0.650. The number of carbonyl (C=O) groups excluding carboxylic acids is 1. The molecule has 2 fully saturated rings. The Morgan fingerprint density at radius 2 is 2.35 bits per heavy atom. The van der Waals surface area contributed by atoms with Gasteiger partial charge in [-0.2, -0.15) is 0 Å². The standard InChI is InChI=1S/C12H23N3O2/c1-9(13)11-8-15(6-7-17-11)10-4-2-3-5-14-12(10)16/h9-11H,2-8,13H2,1H3,(H,14,16). The van der Waals surface area contributed by atoms with Gasteiger partial charge >= 0.3 is 0 Å². The molecule has 0 bridgehead atoms. The van der Waals surface area contributed by atoms with E-state index in [1.807, 2.05) is 6.92 Å². The highest BCUT2D eigenvalue weighted by molar-refractivity contribution is 5.81. The Morgan fingerprint density at radius 1 is 1.53 bits per heavy atom. The van der Waals surface area contributed by atoms with E-state index in [-0.39, 0.29) is 24.1 Å². The van der Waals surface area contributed by atoms with E-state index in [1.165, 1.54) is 0 Å². The second kappa shape index (κ2) is 5.80. The molecule has 2 saturated heterocycles. The summed E-state index contributed by atoms with van der Waals surface area (Å²) in [5.41, 5.74) is 5.87. The fraction of sp³-hybridized carbons (Fsp3) is 0.917. The van der Waals surface area contributed by atoms with Gasteiger partial charge in [0.1, 0.15) is 0 Å². The third kappa shape index (κ3) is 3.18. The van der Waals surface area contributed by atoms with Gasteiger partial charge in [0.05, 0.1) is 18.8 Å². The summed E-state index contributed by atoms with van der Waals surface area (Å²) in [7, 11) is 0. The van der Waals surface area contributed by atoms with Crippen molar-refractivity contribution in [1.82, 2.24) is 10.2 Å². The number of hydrogen-bond donors (Lipinski definition) is 2. The quantitative estimate of drug-likeness (QED) is 0.697. The van der Waals surface area contributed by atoms with Crippen LogP contribution < -0.4 is 11.1 Å². The molecule has 0 aromatic rings. The molecule has 5 nitrogen and oxygen atoms in total. The van der Waals surface area contributed by atoms with Gasteiger partial charge in [0.25, 0.3) is 0 Å². The number of ether oxygens (including phenoxy) is 1. The zero-order valence-electron chi connectivity index (χ0n) is 10.5. The average molecular weight is 241 g/mol. The molecule has 0 spiro atoms. The lowest BCUT2D eigenvalue weighted by atomic mass is 10.1. The summed E-state index contributed by atoms with van der Waals surface area (Å²) in [5.74, 6) is 0.174. The van der Waals surface area contributed by atoms with Crippen LogP contribution in [0.4, 0.5) is 0 Å². The number of hydrogen-bond acceptors (Lipinski definition) is 4. The number of nitrogens with two attached hydrogens (primary N) is 1. The Labute approximate surface area is 103 Å². The molecule has 2 aliphatic rings. The first-order valence-corrected chi connectivity index (χ1v) is 6.57. The minimum absolute atomic E-state index is 0.0163. The van der Waals surface area contributed by atoms with Gasteiger partial charge in [-0.3, -0.25) is 9.69 Å². The molecule has 3 N–H and O–H groups in total. The van der Waals surface area contributed by atoms with E-state index in [0.29, 0.717) is 6.61 Å². The van der Waals surface area contributed by atoms with Crippen LogP contribution in [-0.4, -0.2) is 55.2 Å². The Bertz CT molecular complexity index is 270. The SMILES string of the molecule is CC(N)C1CN(C2CCCCNC2=O)CCO1. The summed E-state index contributed by atoms with van der Waals surface area (Å²) in [6, 6.07) is 0.0364. The monoisotopic (exact) mass is 241 g/mol. The van der Waals surface area contributed by atoms with Crippen LogP contribution in [0.5, 0.6) is 0 Å². The lowest BCUT2D eigenvalue weighted by Crippen LogP contribution is -2.56. The first-order valence-electron chi connectivity index (χ1n) is 6.57. The van der Waals surface area contributed by atoms with Gasteiger partial charge in [-0.1, -0.05) is 0 Å². The molecule has 3 atom stereocenters. The van der Waals surface area contributed by atoms with Gasteiger partial charge in [0.15, 0.2) is 0 Å². The fourth-order valence-electron chi connectivity index (χ4n) is 2.57. The maximum atomic E-state index is 12.0. The van der Waals surface area contributed by atoms with Gasteiger partial charge in [-0.25, -0.2) is 0 Å². The first kappa shape index (κ1) is 12.8. The summed E-state index contributed by atoms with van der Waals surface area (Å²) in [6.45, 7) is 5.06. The Morgan fingerprint density at radius 3 is 3.12 bits per heavy atom. The zero-order valence-corrected chi connectivity index (χ0v) is 10.5. The highest BCUT2D eigenvalue weighted by atomic mass is 16.5. The van der Waals surface area contributed by atoms with E-state index in [0.717, 1.165) is 38.9 Å². The Kier molecular flexibility index (Phi) is 4.36. The molecule has 0 radical (unpaired) electrons. The molecule has 1 amide bonds. The van der Waals surface area contributed by atoms with Crippen LogP contribution in [0, 0.1) is 0 Å². The minimum atomic E-state index is 0.0163. The number of carbonyl (C=O) groups is 1. The van der Waals surface area contributed by atoms with Gasteiger partial charge in [0.2, 0.25) is 5.91 Å². The third-order valence-corrected chi connectivity index (χ3v) is 3.66. The number of amides is 1. The van der Waals surface area contributed by atoms with Crippen molar-refractivity contribution in [3.8, 4) is 0 Å². The van der Waals surface area contributed by atoms with Crippen molar-refractivity contribution >= 4 is 5.91 Å². The van der Waals surface area contributed by atoms with Crippen molar-refractivity contribution in [3.05, 3.63) is 0 Å². The van der Waals surface area contributed by atoms with Gasteiger partial charge < -0.3 is 15.8 Å². The first-order chi connectivity index (χ1) is 8.18. The summed E-state index contributed by atoms with van der Waals surface area (Å²) in [6.07, 6.45) is 3.21. The summed E-state index contributed by atoms with van der Waals surface area (Å²) in [4.78, 5) is 14.2. The largest absolute Gasteiger partial charge is 0.374 e. The van der Waals surface area contributed by atoms with Crippen molar-refractivity contribution < 1.29 is 9.53 Å². The van der Waals surface area contributed by atoms with Crippen LogP contribution in [0.1, 0.15) is 26.2 Å². The third-order valence-electron chi connectivity index (χ3n) is 3.66. The Balaban J connectivity index is 1.97. The van der Waals surface area contributed by atoms with Crippen molar-refractivity contribution in [2.24, 2.45) is 5.73 Å². The molecule has 0 aromatic heterocycles. The van der Waals surface area contributed by atoms with E-state index in [9.17, 15) is 4.79 Å². The maximum absolute atomic E-state index is 12.0. The smallest absolute Gasteiger partial charge is 0.237 e. The van der Waals surface area contributed by atoms with Crippen LogP contribution in [0.3, 0.4) is 0 Å². The summed E-state index contributed by atoms with van der Waals surface area (Å²) in [5, 5.41) is 2.98. The van der Waals surface area contributed by atoms with Gasteiger partial charge in [-0.15, -0.1) is 0 Å². The topological polar surface area (TPSA) is 67.6 Å². The number of nitrogens with one attached hydrogen (secondary N) is 1. The molecular weight excluding hydrogens is 218 g/mol. The lowest BCUT2D eigenvalue weighted by Gasteiger charge is -2.38. The second-order valence-corrected chi connectivity index (χ2v) is 5.07. The molecule has 2 rings (SSSR count). The minimum Gasteiger partial charge on any atom is -0.374 e. The summed E-state index contributed by atoms with van der Waals surface area (Å²) < 4.78 is 5.63. The molecule has 0 aromatic carbocycles. The maximum Gasteiger partial charge on any atom is 0.237 e. The van der Waals surface area contributed by atoms with Crippen molar-refractivity contribution in [2.75, 3.05) is 26.2 Å². The van der Waals surface area contributed by atoms with Gasteiger partial charge in [-0.05, 0) is 26.2 Å². The molecule has 2 heterocycles. The predicted octanol–water partition coefficient (Wildman–Crippen LogP) is -0.297. The number of morpholine rings is 1. The number of rotatable bonds is 2. The van der Waals surface area contributed by atoms with Crippen LogP contribution in [0.2, 0.25) is 0 Å². The van der Waals surface area contributed by atoms with Crippen LogP contribution in [0.25, 0.3) is 0 Å². The second-order valence-electron chi connectivity index (χ2n) is 5.07. The normalized spacial score (nSPS) is 33.9. The van der Waals surface area contributed by atoms with Crippen molar-refractivity contribution in [1.29, 1.82) is 0 Å². The molecule has 0 aliphatic carbocycles. The molecule has 0 saturated carbocycles. The molecule has 5 heteroatoms. The molecule has 2 aliphatic heterocycles. The van der Waals surface area contributed by atoms with Crippen LogP contribution >= 0.6 is 0 Å². The molecule has 17 heavy (non-hydrogen) atoms. The molecule has 98 valence electrons. The van der Waals surface area contributed by atoms with Crippen molar-refractivity contribution in [3.63, 3.8) is 0 Å². The average Bonchev–Trinajstić information content (AvgIpc) is 2.54. The highest BCUT2D eigenvalue weighted by Crippen LogP contribution is 2.17. The van der Waals surface area contributed by atoms with Crippen molar-refractivity contribution in [2.45, 2.75) is 44.4 Å². The zero-order chi connectivity index (χ0) is 12.3. The van der Waals surface area contributed by atoms with Gasteiger partial charge in [0, 0.05) is 25.7 Å². The predicted molar refractivity (Wildman–Crippen MR) is 65.6 cm³/mol. The summed E-state index contributed by atoms with van der Waals surface area (Å²) >= 11 is 0. The lowest BCUT2D eigenvalue weighted by molar-refractivity contribution is -0.130. The van der Waals surface area contributed by atoms with E-state index < -0.39 is 0 Å².